The van der Waals surface area contributed by atoms with Gasteiger partial charge in [0.1, 0.15) is 5.52 Å². The molecule has 3 N–H and O–H groups in total. The van der Waals surface area contributed by atoms with Gasteiger partial charge >= 0.3 is 0 Å². The summed E-state index contributed by atoms with van der Waals surface area (Å²) < 4.78 is 2.19. The second-order valence-electron chi connectivity index (χ2n) is 5.22. The monoisotopic (exact) mass is 258 g/mol. The van der Waals surface area contributed by atoms with Crippen molar-refractivity contribution in [2.75, 3.05) is 6.54 Å². The van der Waals surface area contributed by atoms with Crippen molar-refractivity contribution < 1.29 is 0 Å². The number of rotatable bonds is 4. The van der Waals surface area contributed by atoms with Crippen LogP contribution in [0.25, 0.3) is 11.0 Å². The fourth-order valence-electron chi connectivity index (χ4n) is 2.92. The number of nitrogens with zero attached hydrogens (tertiary/aromatic N) is 3. The molecule has 5 nitrogen and oxygen atoms in total. The molecule has 0 bridgehead atoms. The molecule has 0 aliphatic heterocycles. The minimum absolute atomic E-state index is 0.327. The van der Waals surface area contributed by atoms with Crippen molar-refractivity contribution in [2.45, 2.75) is 45.1 Å². The molecule has 19 heavy (non-hydrogen) atoms. The summed E-state index contributed by atoms with van der Waals surface area (Å²) in [4.78, 5) is 8.81. The van der Waals surface area contributed by atoms with Crippen molar-refractivity contribution in [3.8, 4) is 0 Å². The van der Waals surface area contributed by atoms with Gasteiger partial charge in [-0.05, 0) is 50.6 Å². The van der Waals surface area contributed by atoms with E-state index in [-0.39, 0.29) is 0 Å². The quantitative estimate of drug-likeness (QED) is 0.851. The van der Waals surface area contributed by atoms with Gasteiger partial charge in [0.25, 0.3) is 0 Å². The van der Waals surface area contributed by atoms with E-state index in [4.69, 9.17) is 11.5 Å². The van der Waals surface area contributed by atoms with Gasteiger partial charge in [0.05, 0.1) is 11.8 Å². The maximum absolute atomic E-state index is 8.02. The lowest BCUT2D eigenvalue weighted by Crippen LogP contribution is -2.09. The SMILES string of the molecule is [NH]c1nc2c(c3c1ncn3CCCCN)CCCC2. The summed E-state index contributed by atoms with van der Waals surface area (Å²) in [5.74, 6) is 0.327. The normalized spacial score (nSPS) is 14.8. The molecule has 101 valence electrons. The molecule has 0 spiro atoms. The van der Waals surface area contributed by atoms with Crippen LogP contribution in [0.1, 0.15) is 36.9 Å². The average Bonchev–Trinajstić information content (AvgIpc) is 2.84. The fourth-order valence-corrected chi connectivity index (χ4v) is 2.92. The minimum atomic E-state index is 0.327. The number of aryl methyl sites for hydroxylation is 3. The fraction of sp³-hybridized carbons (Fsp3) is 0.571. The highest BCUT2D eigenvalue weighted by molar-refractivity contribution is 5.87. The van der Waals surface area contributed by atoms with Crippen LogP contribution in [0.15, 0.2) is 6.33 Å². The molecule has 5 heteroatoms. The first kappa shape index (κ1) is 12.4. The lowest BCUT2D eigenvalue weighted by atomic mass is 9.95. The van der Waals surface area contributed by atoms with Crippen molar-refractivity contribution >= 4 is 16.9 Å². The molecule has 1 radical (unpaired) electrons. The van der Waals surface area contributed by atoms with E-state index in [1.807, 2.05) is 6.33 Å². The third kappa shape index (κ3) is 2.18. The first-order valence-electron chi connectivity index (χ1n) is 7.09. The van der Waals surface area contributed by atoms with Crippen LogP contribution in [0.2, 0.25) is 0 Å². The number of hydrogen-bond acceptors (Lipinski definition) is 3. The predicted octanol–water partition coefficient (Wildman–Crippen LogP) is 1.96. The summed E-state index contributed by atoms with van der Waals surface area (Å²) in [5.41, 5.74) is 17.9. The molecule has 0 saturated carbocycles. The van der Waals surface area contributed by atoms with Crippen LogP contribution in [0.4, 0.5) is 5.82 Å². The van der Waals surface area contributed by atoms with Crippen molar-refractivity contribution in [3.63, 3.8) is 0 Å². The summed E-state index contributed by atoms with van der Waals surface area (Å²) in [6, 6.07) is 0. The molecule has 2 aromatic heterocycles. The third-order valence-electron chi connectivity index (χ3n) is 3.89. The number of pyridine rings is 1. The molecule has 0 unspecified atom stereocenters. The van der Waals surface area contributed by atoms with Gasteiger partial charge in [-0.1, -0.05) is 0 Å². The number of nitrogens with one attached hydrogen (secondary N) is 1. The van der Waals surface area contributed by atoms with Crippen LogP contribution in [0.3, 0.4) is 0 Å². The second-order valence-corrected chi connectivity index (χ2v) is 5.22. The van der Waals surface area contributed by atoms with Crippen LogP contribution in [-0.4, -0.2) is 21.1 Å². The standard InChI is InChI=1S/C14H20N5/c15-7-3-4-8-19-9-17-12-13(19)10-5-1-2-6-11(10)18-14(12)16/h9,16H,1-8,15H2. The predicted molar refractivity (Wildman–Crippen MR) is 75.2 cm³/mol. The molecule has 0 saturated heterocycles. The summed E-state index contributed by atoms with van der Waals surface area (Å²) >= 11 is 0. The molecule has 0 amide bonds. The molecular formula is C14H20N5. The lowest BCUT2D eigenvalue weighted by Gasteiger charge is -2.17. The van der Waals surface area contributed by atoms with Crippen LogP contribution in [0, 0.1) is 0 Å². The number of fused-ring (bicyclic) bond motifs is 3. The molecule has 1 aliphatic rings. The van der Waals surface area contributed by atoms with Gasteiger partial charge in [0.2, 0.25) is 0 Å². The van der Waals surface area contributed by atoms with Crippen molar-refractivity contribution in [1.82, 2.24) is 20.3 Å². The van der Waals surface area contributed by atoms with Gasteiger partial charge in [-0.15, -0.1) is 0 Å². The number of nitrogens with two attached hydrogens (primary N) is 1. The largest absolute Gasteiger partial charge is 0.330 e. The van der Waals surface area contributed by atoms with Gasteiger partial charge in [0, 0.05) is 12.2 Å². The highest BCUT2D eigenvalue weighted by atomic mass is 15.1. The smallest absolute Gasteiger partial charge is 0.173 e. The van der Waals surface area contributed by atoms with E-state index in [2.05, 4.69) is 14.5 Å². The Morgan fingerprint density at radius 1 is 1.26 bits per heavy atom. The zero-order valence-electron chi connectivity index (χ0n) is 11.2. The second kappa shape index (κ2) is 5.17. The molecule has 0 atom stereocenters. The maximum Gasteiger partial charge on any atom is 0.173 e. The molecule has 2 aromatic rings. The Hall–Kier alpha value is -1.62. The van der Waals surface area contributed by atoms with E-state index in [1.54, 1.807) is 0 Å². The first-order chi connectivity index (χ1) is 9.31. The summed E-state index contributed by atoms with van der Waals surface area (Å²) in [5, 5.41) is 0. The first-order valence-corrected chi connectivity index (χ1v) is 7.09. The molecular weight excluding hydrogens is 238 g/mol. The number of imidazole rings is 1. The van der Waals surface area contributed by atoms with Gasteiger partial charge in [-0.25, -0.2) is 9.97 Å². The Morgan fingerprint density at radius 3 is 2.95 bits per heavy atom. The molecule has 0 fully saturated rings. The maximum atomic E-state index is 8.02. The van der Waals surface area contributed by atoms with Crippen molar-refractivity contribution in [2.24, 2.45) is 5.73 Å². The van der Waals surface area contributed by atoms with E-state index in [1.165, 1.54) is 18.4 Å². The van der Waals surface area contributed by atoms with E-state index in [0.29, 0.717) is 5.82 Å². The number of hydrogen-bond donors (Lipinski definition) is 1. The van der Waals surface area contributed by atoms with Crippen LogP contribution < -0.4 is 11.5 Å². The Kier molecular flexibility index (Phi) is 3.38. The van der Waals surface area contributed by atoms with E-state index >= 15 is 0 Å². The Morgan fingerprint density at radius 2 is 2.11 bits per heavy atom. The Balaban J connectivity index is 2.06. The summed E-state index contributed by atoms with van der Waals surface area (Å²) in [6.07, 6.45) is 8.43. The van der Waals surface area contributed by atoms with E-state index in [9.17, 15) is 0 Å². The Labute approximate surface area is 113 Å². The molecule has 3 rings (SSSR count). The highest BCUT2D eigenvalue weighted by Crippen LogP contribution is 2.30. The average molecular weight is 258 g/mol. The highest BCUT2D eigenvalue weighted by Gasteiger charge is 2.19. The van der Waals surface area contributed by atoms with E-state index in [0.717, 1.165) is 55.5 Å². The molecule has 0 aromatic carbocycles. The Bertz CT molecular complexity index is 587. The minimum Gasteiger partial charge on any atom is -0.330 e. The van der Waals surface area contributed by atoms with Crippen molar-refractivity contribution in [1.29, 1.82) is 0 Å². The van der Waals surface area contributed by atoms with Crippen LogP contribution >= 0.6 is 0 Å². The number of unbranched alkanes of at least 4 members (excludes halogenated alkanes) is 1. The van der Waals surface area contributed by atoms with Gasteiger partial charge in [-0.3, -0.25) is 5.73 Å². The topological polar surface area (TPSA) is 80.5 Å². The van der Waals surface area contributed by atoms with Gasteiger partial charge < -0.3 is 10.3 Å². The number of aromatic nitrogens is 3. The summed E-state index contributed by atoms with van der Waals surface area (Å²) in [6.45, 7) is 1.67. The van der Waals surface area contributed by atoms with Crippen LogP contribution in [-0.2, 0) is 19.4 Å². The zero-order valence-corrected chi connectivity index (χ0v) is 11.2. The zero-order chi connectivity index (χ0) is 13.2. The third-order valence-corrected chi connectivity index (χ3v) is 3.89. The van der Waals surface area contributed by atoms with Crippen molar-refractivity contribution in [3.05, 3.63) is 17.6 Å². The summed E-state index contributed by atoms with van der Waals surface area (Å²) in [7, 11) is 0. The molecule has 2 heterocycles. The lowest BCUT2D eigenvalue weighted by molar-refractivity contribution is 0.619. The van der Waals surface area contributed by atoms with E-state index < -0.39 is 0 Å². The van der Waals surface area contributed by atoms with Gasteiger partial charge in [0.15, 0.2) is 5.82 Å². The molecule has 1 aliphatic carbocycles. The van der Waals surface area contributed by atoms with Gasteiger partial charge in [-0.2, -0.15) is 0 Å². The van der Waals surface area contributed by atoms with Crippen LogP contribution in [0.5, 0.6) is 0 Å².